The minimum Gasteiger partial charge on any atom is -0.508 e. The molecule has 5 atom stereocenters. The molecule has 37 heavy (non-hydrogen) atoms. The van der Waals surface area contributed by atoms with E-state index in [1.807, 2.05) is 13.8 Å². The van der Waals surface area contributed by atoms with Crippen molar-refractivity contribution >= 4 is 29.7 Å². The maximum Gasteiger partial charge on any atom is 0.326 e. The molecule has 206 valence electrons. The van der Waals surface area contributed by atoms with Crippen LogP contribution in [0, 0.1) is 11.8 Å². The van der Waals surface area contributed by atoms with Gasteiger partial charge < -0.3 is 37.0 Å². The van der Waals surface area contributed by atoms with Crippen LogP contribution in [0.5, 0.6) is 5.75 Å². The highest BCUT2D eigenvalue weighted by atomic mass is 16.4. The second-order valence-corrected chi connectivity index (χ2v) is 9.54. The number of rotatable bonds is 15. The molecule has 0 aliphatic rings. The third-order valence-electron chi connectivity index (χ3n) is 5.86. The molecule has 0 radical (unpaired) electrons. The predicted octanol–water partition coefficient (Wildman–Crippen LogP) is 0.368. The summed E-state index contributed by atoms with van der Waals surface area (Å²) in [4.78, 5) is 61.7. The average molecular weight is 523 g/mol. The number of phenols is 1. The monoisotopic (exact) mass is 522 g/mol. The van der Waals surface area contributed by atoms with E-state index in [2.05, 4.69) is 16.0 Å². The van der Waals surface area contributed by atoms with Gasteiger partial charge in [0, 0.05) is 6.42 Å². The number of amides is 3. The molecule has 0 fully saturated rings. The van der Waals surface area contributed by atoms with Crippen LogP contribution in [0.3, 0.4) is 0 Å². The first-order valence-electron chi connectivity index (χ1n) is 12.1. The van der Waals surface area contributed by atoms with Crippen molar-refractivity contribution in [2.45, 2.75) is 77.5 Å². The molecule has 0 saturated heterocycles. The smallest absolute Gasteiger partial charge is 0.326 e. The Bertz CT molecular complexity index is 951. The number of benzene rings is 1. The van der Waals surface area contributed by atoms with E-state index in [4.69, 9.17) is 5.73 Å². The molecule has 8 N–H and O–H groups in total. The van der Waals surface area contributed by atoms with Crippen molar-refractivity contribution in [3.05, 3.63) is 29.8 Å². The zero-order chi connectivity index (χ0) is 28.3. The lowest BCUT2D eigenvalue weighted by atomic mass is 9.96. The molecule has 12 nitrogen and oxygen atoms in total. The highest BCUT2D eigenvalue weighted by Crippen LogP contribution is 2.13. The molecule has 0 aliphatic heterocycles. The van der Waals surface area contributed by atoms with Crippen LogP contribution in [0.15, 0.2) is 24.3 Å². The second-order valence-electron chi connectivity index (χ2n) is 9.54. The number of aromatic hydroxyl groups is 1. The summed E-state index contributed by atoms with van der Waals surface area (Å²) in [6.07, 6.45) is -0.0742. The normalized spacial score (nSPS) is 15.1. The molecule has 1 aromatic carbocycles. The van der Waals surface area contributed by atoms with Crippen molar-refractivity contribution < 1.29 is 39.3 Å². The van der Waals surface area contributed by atoms with E-state index in [9.17, 15) is 39.3 Å². The van der Waals surface area contributed by atoms with Gasteiger partial charge in [-0.05, 0) is 36.0 Å². The van der Waals surface area contributed by atoms with Crippen LogP contribution in [-0.2, 0) is 30.4 Å². The number of nitrogens with one attached hydrogen (secondary N) is 3. The molecule has 1 aromatic rings. The van der Waals surface area contributed by atoms with Gasteiger partial charge in [0.2, 0.25) is 17.7 Å². The highest BCUT2D eigenvalue weighted by molar-refractivity contribution is 5.95. The number of carbonyl (C=O) groups excluding carboxylic acids is 3. The van der Waals surface area contributed by atoms with E-state index in [0.29, 0.717) is 18.4 Å². The summed E-state index contributed by atoms with van der Waals surface area (Å²) in [5.74, 6) is -5.35. The summed E-state index contributed by atoms with van der Waals surface area (Å²) in [6, 6.07) is 0.721. The Hall–Kier alpha value is -3.67. The number of carboxylic acid groups (broad SMARTS) is 2. The third kappa shape index (κ3) is 10.9. The van der Waals surface area contributed by atoms with E-state index in [-0.39, 0.29) is 24.0 Å². The Morgan fingerprint density at radius 2 is 1.43 bits per heavy atom. The number of carbonyl (C=O) groups is 5. The van der Waals surface area contributed by atoms with Gasteiger partial charge in [-0.1, -0.05) is 46.2 Å². The number of nitrogens with two attached hydrogens (primary N) is 1. The first-order chi connectivity index (χ1) is 17.2. The van der Waals surface area contributed by atoms with Crippen molar-refractivity contribution in [2.24, 2.45) is 17.6 Å². The lowest BCUT2D eigenvalue weighted by molar-refractivity contribution is -0.143. The minimum atomic E-state index is -1.60. The van der Waals surface area contributed by atoms with Crippen molar-refractivity contribution in [1.29, 1.82) is 0 Å². The average Bonchev–Trinajstić information content (AvgIpc) is 2.81. The van der Waals surface area contributed by atoms with Gasteiger partial charge in [0.25, 0.3) is 0 Å². The van der Waals surface area contributed by atoms with Crippen LogP contribution in [0.2, 0.25) is 0 Å². The minimum absolute atomic E-state index is 0.0167. The second kappa shape index (κ2) is 14.8. The third-order valence-corrected chi connectivity index (χ3v) is 5.86. The Morgan fingerprint density at radius 3 is 1.92 bits per heavy atom. The Balaban J connectivity index is 3.04. The molecular weight excluding hydrogens is 484 g/mol. The van der Waals surface area contributed by atoms with E-state index in [1.165, 1.54) is 24.3 Å². The van der Waals surface area contributed by atoms with Gasteiger partial charge in [0.05, 0.1) is 12.5 Å². The van der Waals surface area contributed by atoms with Crippen LogP contribution in [-0.4, -0.2) is 69.1 Å². The van der Waals surface area contributed by atoms with E-state index in [1.54, 1.807) is 13.8 Å². The summed E-state index contributed by atoms with van der Waals surface area (Å²) < 4.78 is 0. The van der Waals surface area contributed by atoms with Crippen LogP contribution in [0.25, 0.3) is 0 Å². The Labute approximate surface area is 216 Å². The van der Waals surface area contributed by atoms with Gasteiger partial charge >= 0.3 is 11.9 Å². The maximum atomic E-state index is 13.1. The van der Waals surface area contributed by atoms with Gasteiger partial charge in [-0.2, -0.15) is 0 Å². The van der Waals surface area contributed by atoms with Crippen molar-refractivity contribution in [2.75, 3.05) is 0 Å². The van der Waals surface area contributed by atoms with Crippen LogP contribution < -0.4 is 21.7 Å². The van der Waals surface area contributed by atoms with Gasteiger partial charge in [-0.15, -0.1) is 0 Å². The van der Waals surface area contributed by atoms with Gasteiger partial charge in [-0.25, -0.2) is 4.79 Å². The van der Waals surface area contributed by atoms with E-state index < -0.39 is 60.2 Å². The molecule has 0 spiro atoms. The maximum absolute atomic E-state index is 13.1. The number of carboxylic acids is 2. The zero-order valence-corrected chi connectivity index (χ0v) is 21.6. The van der Waals surface area contributed by atoms with Crippen molar-refractivity contribution in [3.63, 3.8) is 0 Å². The fourth-order valence-electron chi connectivity index (χ4n) is 3.56. The van der Waals surface area contributed by atoms with Gasteiger partial charge in [0.1, 0.15) is 23.9 Å². The summed E-state index contributed by atoms with van der Waals surface area (Å²) in [5.41, 5.74) is 6.42. The SMILES string of the molecule is CCC(C)C(NC(=O)C(N)CC(C)C)C(=O)NC(CC(=O)O)C(=O)NC(Cc1ccc(O)cc1)C(=O)O. The highest BCUT2D eigenvalue weighted by Gasteiger charge is 2.33. The topological polar surface area (TPSA) is 208 Å². The van der Waals surface area contributed by atoms with Crippen LogP contribution in [0.4, 0.5) is 0 Å². The van der Waals surface area contributed by atoms with Gasteiger partial charge in [-0.3, -0.25) is 19.2 Å². The molecule has 0 aromatic heterocycles. The summed E-state index contributed by atoms with van der Waals surface area (Å²) >= 11 is 0. The van der Waals surface area contributed by atoms with Crippen molar-refractivity contribution in [1.82, 2.24) is 16.0 Å². The fourth-order valence-corrected chi connectivity index (χ4v) is 3.56. The molecule has 1 rings (SSSR count). The molecule has 0 aliphatic carbocycles. The quantitative estimate of drug-likeness (QED) is 0.169. The summed E-state index contributed by atoms with van der Waals surface area (Å²) in [6.45, 7) is 7.30. The molecule has 0 bridgehead atoms. The fraction of sp³-hybridized carbons (Fsp3) is 0.560. The first kappa shape index (κ1) is 31.4. The summed E-state index contributed by atoms with van der Waals surface area (Å²) in [5, 5.41) is 35.5. The number of hydrogen-bond acceptors (Lipinski definition) is 7. The standard InChI is InChI=1S/C25H38N4O8/c1-5-14(4)21(29-22(33)17(26)10-13(2)3)24(35)27-18(12-20(31)32)23(34)28-19(25(36)37)11-15-6-8-16(30)9-7-15/h6-9,13-14,17-19,21,30H,5,10-12,26H2,1-4H3,(H,27,35)(H,28,34)(H,29,33)(H,31,32)(H,36,37). The predicted molar refractivity (Wildman–Crippen MR) is 134 cm³/mol. The zero-order valence-electron chi connectivity index (χ0n) is 21.6. The molecule has 12 heteroatoms. The molecule has 0 saturated carbocycles. The molecular formula is C25H38N4O8. The molecule has 3 amide bonds. The van der Waals surface area contributed by atoms with Gasteiger partial charge in [0.15, 0.2) is 0 Å². The van der Waals surface area contributed by atoms with Crippen LogP contribution >= 0.6 is 0 Å². The lowest BCUT2D eigenvalue weighted by Crippen LogP contribution is -2.59. The largest absolute Gasteiger partial charge is 0.508 e. The summed E-state index contributed by atoms with van der Waals surface area (Å²) in [7, 11) is 0. The number of hydrogen-bond donors (Lipinski definition) is 7. The van der Waals surface area contributed by atoms with E-state index >= 15 is 0 Å². The Morgan fingerprint density at radius 1 is 0.865 bits per heavy atom. The van der Waals surface area contributed by atoms with Crippen molar-refractivity contribution in [3.8, 4) is 5.75 Å². The lowest BCUT2D eigenvalue weighted by Gasteiger charge is -2.27. The molecule has 5 unspecified atom stereocenters. The Kier molecular flexibility index (Phi) is 12.5. The number of aliphatic carboxylic acids is 2. The molecule has 0 heterocycles. The van der Waals surface area contributed by atoms with Crippen LogP contribution in [0.1, 0.15) is 52.5 Å². The number of phenolic OH excluding ortho intramolecular Hbond substituents is 1. The van der Waals surface area contributed by atoms with E-state index in [0.717, 1.165) is 0 Å². The first-order valence-corrected chi connectivity index (χ1v) is 12.1.